The first-order valence-corrected chi connectivity index (χ1v) is 17.5. The zero-order valence-corrected chi connectivity index (χ0v) is 29.5. The summed E-state index contributed by atoms with van der Waals surface area (Å²) in [5, 5.41) is 11.3. The van der Waals surface area contributed by atoms with Crippen LogP contribution < -0.4 is 14.5 Å². The number of fused-ring (bicyclic) bond motifs is 1. The largest absolute Gasteiger partial charge is 0.494 e. The number of carbonyl (C=O) groups excluding carboxylic acids is 3. The van der Waals surface area contributed by atoms with Gasteiger partial charge in [0.2, 0.25) is 11.8 Å². The molecule has 3 aliphatic heterocycles. The lowest BCUT2D eigenvalue weighted by molar-refractivity contribution is -0.149. The van der Waals surface area contributed by atoms with Crippen molar-refractivity contribution in [2.45, 2.75) is 50.5 Å². The SMILES string of the molecule is C=CCN(C(=O)[C@@H]1[C@H]2C(=O)N([C@H](CO)c3ccccc3)C(C(=O)N(CC=C)c3ccccc3Cl)C23CC(C)[C@@]1(C)O3)c1ccc(OCC)cc1. The van der Waals surface area contributed by atoms with Gasteiger partial charge in [-0.15, -0.1) is 13.2 Å². The monoisotopic (exact) mass is 697 g/mol. The number of rotatable bonds is 13. The molecule has 3 fully saturated rings. The molecule has 0 aliphatic carbocycles. The second kappa shape index (κ2) is 14.1. The Morgan fingerprint density at radius 1 is 1.02 bits per heavy atom. The fourth-order valence-electron chi connectivity index (χ4n) is 8.46. The zero-order chi connectivity index (χ0) is 35.8. The van der Waals surface area contributed by atoms with Gasteiger partial charge in [0.25, 0.3) is 5.91 Å². The van der Waals surface area contributed by atoms with Crippen molar-refractivity contribution in [3.05, 3.63) is 115 Å². The number of likely N-dealkylation sites (tertiary alicyclic amines) is 1. The van der Waals surface area contributed by atoms with Crippen LogP contribution >= 0.6 is 11.6 Å². The lowest BCUT2D eigenvalue weighted by Gasteiger charge is -2.39. The van der Waals surface area contributed by atoms with Gasteiger partial charge in [-0.05, 0) is 68.1 Å². The maximum Gasteiger partial charge on any atom is 0.253 e. The third-order valence-electron chi connectivity index (χ3n) is 10.7. The van der Waals surface area contributed by atoms with E-state index in [-0.39, 0.29) is 24.9 Å². The second-order valence-corrected chi connectivity index (χ2v) is 13.8. The first kappa shape index (κ1) is 35.4. The van der Waals surface area contributed by atoms with Crippen LogP contribution in [0.5, 0.6) is 5.75 Å². The summed E-state index contributed by atoms with van der Waals surface area (Å²) in [5.74, 6) is -2.61. The Hall–Kier alpha value is -4.44. The number of aliphatic hydroxyl groups is 1. The number of ether oxygens (including phenoxy) is 2. The number of anilines is 2. The van der Waals surface area contributed by atoms with Gasteiger partial charge in [0.1, 0.15) is 17.4 Å². The summed E-state index contributed by atoms with van der Waals surface area (Å²) in [4.78, 5) is 49.9. The number of halogens is 1. The Bertz CT molecular complexity index is 1770. The Balaban J connectivity index is 1.51. The summed E-state index contributed by atoms with van der Waals surface area (Å²) in [5.41, 5.74) is -0.704. The van der Waals surface area contributed by atoms with Gasteiger partial charge in [-0.25, -0.2) is 0 Å². The molecule has 2 bridgehead atoms. The molecule has 50 heavy (non-hydrogen) atoms. The number of benzene rings is 3. The topological polar surface area (TPSA) is 99.6 Å². The van der Waals surface area contributed by atoms with Gasteiger partial charge in [0, 0.05) is 18.8 Å². The van der Waals surface area contributed by atoms with E-state index in [1.54, 1.807) is 53.5 Å². The highest BCUT2D eigenvalue weighted by atomic mass is 35.5. The van der Waals surface area contributed by atoms with E-state index >= 15 is 9.59 Å². The maximum atomic E-state index is 15.2. The van der Waals surface area contributed by atoms with Crippen LogP contribution in [0.4, 0.5) is 11.4 Å². The van der Waals surface area contributed by atoms with E-state index < -0.39 is 53.5 Å². The van der Waals surface area contributed by atoms with Gasteiger partial charge >= 0.3 is 0 Å². The van der Waals surface area contributed by atoms with E-state index in [2.05, 4.69) is 13.2 Å². The van der Waals surface area contributed by atoms with Gasteiger partial charge in [-0.1, -0.05) is 73.1 Å². The summed E-state index contributed by atoms with van der Waals surface area (Å²) in [6.45, 7) is 13.9. The molecule has 3 saturated heterocycles. The van der Waals surface area contributed by atoms with Gasteiger partial charge < -0.3 is 29.3 Å². The van der Waals surface area contributed by atoms with Crippen molar-refractivity contribution in [2.75, 3.05) is 36.1 Å². The number of nitrogens with zero attached hydrogens (tertiary/aromatic N) is 3. The highest BCUT2D eigenvalue weighted by Crippen LogP contribution is 2.66. The average Bonchev–Trinajstić information content (AvgIpc) is 3.63. The minimum atomic E-state index is -1.37. The first-order chi connectivity index (χ1) is 24.1. The number of aliphatic hydroxyl groups excluding tert-OH is 1. The molecular weight excluding hydrogens is 654 g/mol. The molecule has 3 amide bonds. The second-order valence-electron chi connectivity index (χ2n) is 13.4. The molecule has 3 heterocycles. The van der Waals surface area contributed by atoms with Crippen molar-refractivity contribution in [1.29, 1.82) is 0 Å². The van der Waals surface area contributed by atoms with Gasteiger partial charge in [-0.2, -0.15) is 0 Å². The van der Waals surface area contributed by atoms with Crippen LogP contribution in [0.15, 0.2) is 104 Å². The van der Waals surface area contributed by atoms with Crippen LogP contribution in [0.2, 0.25) is 5.02 Å². The van der Waals surface area contributed by atoms with E-state index in [0.29, 0.717) is 40.7 Å². The predicted molar refractivity (Wildman–Crippen MR) is 194 cm³/mol. The normalized spacial score (nSPS) is 27.1. The number of hydrogen-bond acceptors (Lipinski definition) is 6. The van der Waals surface area contributed by atoms with E-state index in [9.17, 15) is 9.90 Å². The Kier molecular flexibility index (Phi) is 9.95. The molecule has 3 unspecified atom stereocenters. The minimum absolute atomic E-state index is 0.108. The molecule has 0 radical (unpaired) electrons. The fourth-order valence-corrected chi connectivity index (χ4v) is 8.70. The highest BCUT2D eigenvalue weighted by Gasteiger charge is 2.80. The molecule has 9 nitrogen and oxygen atoms in total. The smallest absolute Gasteiger partial charge is 0.253 e. The third-order valence-corrected chi connectivity index (χ3v) is 11.0. The molecular formula is C40H44ClN3O6. The van der Waals surface area contributed by atoms with Crippen molar-refractivity contribution < 1.29 is 29.0 Å². The molecule has 0 saturated carbocycles. The average molecular weight is 698 g/mol. The van der Waals surface area contributed by atoms with E-state index in [1.807, 2.05) is 63.2 Å². The first-order valence-electron chi connectivity index (χ1n) is 17.1. The summed E-state index contributed by atoms with van der Waals surface area (Å²) in [6.07, 6.45) is 3.61. The summed E-state index contributed by atoms with van der Waals surface area (Å²) in [6, 6.07) is 21.3. The number of hydrogen-bond donors (Lipinski definition) is 1. The quantitative estimate of drug-likeness (QED) is 0.213. The molecule has 3 aromatic rings. The molecule has 3 aliphatic rings. The van der Waals surface area contributed by atoms with Gasteiger partial charge in [0.15, 0.2) is 0 Å². The van der Waals surface area contributed by atoms with Crippen LogP contribution in [0.3, 0.4) is 0 Å². The lowest BCUT2D eigenvalue weighted by atomic mass is 9.62. The van der Waals surface area contributed by atoms with Gasteiger partial charge in [0.05, 0.1) is 47.4 Å². The molecule has 0 aromatic heterocycles. The molecule has 262 valence electrons. The van der Waals surface area contributed by atoms with Crippen molar-refractivity contribution in [3.63, 3.8) is 0 Å². The molecule has 1 N–H and O–H groups in total. The molecule has 10 heteroatoms. The van der Waals surface area contributed by atoms with Crippen LogP contribution in [0, 0.1) is 17.8 Å². The lowest BCUT2D eigenvalue weighted by Crippen LogP contribution is -2.57. The van der Waals surface area contributed by atoms with E-state index in [4.69, 9.17) is 21.1 Å². The number of para-hydroxylation sites is 1. The van der Waals surface area contributed by atoms with Crippen molar-refractivity contribution in [2.24, 2.45) is 17.8 Å². The van der Waals surface area contributed by atoms with E-state index in [1.165, 1.54) is 9.80 Å². The minimum Gasteiger partial charge on any atom is -0.494 e. The van der Waals surface area contributed by atoms with Gasteiger partial charge in [-0.3, -0.25) is 14.4 Å². The van der Waals surface area contributed by atoms with Crippen LogP contribution in [0.1, 0.15) is 38.8 Å². The standard InChI is InChI=1S/C40H44ClN3O6/c1-6-22-42(28-18-20-29(21-19-28)49-8-3)36(46)33-34-37(47)44(32(25-45)27-14-10-9-11-15-27)35(40(34)24-26(4)39(33,5)50-40)38(48)43(23-7-2)31-17-13-12-16-30(31)41/h6-7,9-21,26,32-35,45H,1-2,8,22-25H2,3-5H3/t26?,32-,33+,34+,35?,39-,40?/m1/s1. The van der Waals surface area contributed by atoms with Crippen LogP contribution in [0.25, 0.3) is 0 Å². The van der Waals surface area contributed by atoms with E-state index in [0.717, 1.165) is 0 Å². The van der Waals surface area contributed by atoms with Crippen LogP contribution in [-0.2, 0) is 19.1 Å². The number of amides is 3. The zero-order valence-electron chi connectivity index (χ0n) is 28.7. The Morgan fingerprint density at radius 2 is 1.66 bits per heavy atom. The molecule has 7 atom stereocenters. The van der Waals surface area contributed by atoms with Crippen molar-refractivity contribution in [3.8, 4) is 5.75 Å². The maximum absolute atomic E-state index is 15.2. The summed E-state index contributed by atoms with van der Waals surface area (Å²) < 4.78 is 12.7. The predicted octanol–water partition coefficient (Wildman–Crippen LogP) is 6.22. The van der Waals surface area contributed by atoms with Crippen LogP contribution in [-0.4, -0.2) is 71.3 Å². The fraction of sp³-hybridized carbons (Fsp3) is 0.375. The van der Waals surface area contributed by atoms with Crippen molar-refractivity contribution in [1.82, 2.24) is 4.90 Å². The molecule has 3 aromatic carbocycles. The Morgan fingerprint density at radius 3 is 2.28 bits per heavy atom. The van der Waals surface area contributed by atoms with Crippen molar-refractivity contribution >= 4 is 40.7 Å². The Labute approximate surface area is 298 Å². The summed E-state index contributed by atoms with van der Waals surface area (Å²) >= 11 is 6.66. The molecule has 6 rings (SSSR count). The number of carbonyl (C=O) groups is 3. The molecule has 1 spiro atoms. The third kappa shape index (κ3) is 5.61. The summed E-state index contributed by atoms with van der Waals surface area (Å²) in [7, 11) is 0. The highest BCUT2D eigenvalue weighted by molar-refractivity contribution is 6.34.